The molecule has 4 nitrogen and oxygen atoms in total. The molecule has 0 amide bonds. The van der Waals surface area contributed by atoms with E-state index in [2.05, 4.69) is 47.2 Å². The van der Waals surface area contributed by atoms with E-state index in [4.69, 9.17) is 0 Å². The van der Waals surface area contributed by atoms with E-state index < -0.39 is 0 Å². The molecular formula is C21H15Br2FN4. The highest BCUT2D eigenvalue weighted by molar-refractivity contribution is 9.11. The van der Waals surface area contributed by atoms with E-state index in [0.717, 1.165) is 30.8 Å². The first-order valence-corrected chi connectivity index (χ1v) is 10.1. The summed E-state index contributed by atoms with van der Waals surface area (Å²) in [6.07, 6.45) is 3.73. The molecule has 0 saturated carbocycles. The summed E-state index contributed by atoms with van der Waals surface area (Å²) >= 11 is 6.90. The van der Waals surface area contributed by atoms with Gasteiger partial charge in [0.1, 0.15) is 5.82 Å². The summed E-state index contributed by atoms with van der Waals surface area (Å²) in [5.41, 5.74) is 2.61. The minimum absolute atomic E-state index is 0.198. The van der Waals surface area contributed by atoms with Gasteiger partial charge in [-0.1, -0.05) is 62.2 Å². The molecule has 2 heterocycles. The Bertz CT molecular complexity index is 1250. The van der Waals surface area contributed by atoms with E-state index in [9.17, 15) is 4.39 Å². The lowest BCUT2D eigenvalue weighted by Crippen LogP contribution is -2.01. The van der Waals surface area contributed by atoms with Crippen LogP contribution in [-0.4, -0.2) is 20.0 Å². The lowest BCUT2D eigenvalue weighted by atomic mass is 10.2. The summed E-state index contributed by atoms with van der Waals surface area (Å²) in [5.74, 6) is -0.198. The molecule has 0 aliphatic rings. The predicted molar refractivity (Wildman–Crippen MR) is 117 cm³/mol. The average Bonchev–Trinajstić information content (AvgIpc) is 3.32. The first-order chi connectivity index (χ1) is 13.6. The summed E-state index contributed by atoms with van der Waals surface area (Å²) in [7, 11) is 0. The minimum atomic E-state index is -0.198. The molecule has 7 heteroatoms. The number of nitrogens with zero attached hydrogens (tertiary/aromatic N) is 3. The zero-order chi connectivity index (χ0) is 19.5. The van der Waals surface area contributed by atoms with Gasteiger partial charge in [-0.2, -0.15) is 10.2 Å². The van der Waals surface area contributed by atoms with Gasteiger partial charge in [0.15, 0.2) is 0 Å². The number of rotatable bonds is 2. The van der Waals surface area contributed by atoms with E-state index in [1.807, 2.05) is 48.7 Å². The predicted octanol–water partition coefficient (Wildman–Crippen LogP) is 6.31. The van der Waals surface area contributed by atoms with Crippen LogP contribution in [0.15, 0.2) is 82.0 Å². The Morgan fingerprint density at radius 2 is 1.64 bits per heavy atom. The van der Waals surface area contributed by atoms with Gasteiger partial charge in [0.2, 0.25) is 0 Å². The number of fused-ring (bicyclic) bond motifs is 2. The zero-order valence-corrected chi connectivity index (χ0v) is 17.8. The topological polar surface area (TPSA) is 46.5 Å². The van der Waals surface area contributed by atoms with E-state index in [1.54, 1.807) is 23.0 Å². The second-order valence-electron chi connectivity index (χ2n) is 6.16. The largest absolute Gasteiger partial charge is 0.278 e. The Hall–Kier alpha value is -2.51. The molecular weight excluding hydrogens is 487 g/mol. The summed E-state index contributed by atoms with van der Waals surface area (Å²) in [6, 6.07) is 18.6. The van der Waals surface area contributed by atoms with Gasteiger partial charge in [-0.25, -0.2) is 4.39 Å². The highest BCUT2D eigenvalue weighted by Crippen LogP contribution is 2.23. The van der Waals surface area contributed by atoms with Crippen molar-refractivity contribution in [2.45, 2.75) is 6.54 Å². The Balaban J connectivity index is 0.000000162. The summed E-state index contributed by atoms with van der Waals surface area (Å²) < 4.78 is 17.4. The van der Waals surface area contributed by atoms with Gasteiger partial charge in [-0.15, -0.1) is 0 Å². The number of hydrogen-bond donors (Lipinski definition) is 1. The zero-order valence-electron chi connectivity index (χ0n) is 14.6. The minimum Gasteiger partial charge on any atom is -0.278 e. The fourth-order valence-electron chi connectivity index (χ4n) is 2.87. The molecule has 0 bridgehead atoms. The maximum atomic E-state index is 13.6. The van der Waals surface area contributed by atoms with Crippen molar-refractivity contribution in [3.8, 4) is 0 Å². The molecule has 3 aromatic carbocycles. The van der Waals surface area contributed by atoms with Crippen LogP contribution in [0.3, 0.4) is 0 Å². The van der Waals surface area contributed by atoms with E-state index in [-0.39, 0.29) is 5.82 Å². The van der Waals surface area contributed by atoms with Gasteiger partial charge in [0.25, 0.3) is 0 Å². The maximum absolute atomic E-state index is 13.6. The van der Waals surface area contributed by atoms with Crippen molar-refractivity contribution < 1.29 is 4.39 Å². The van der Waals surface area contributed by atoms with Crippen LogP contribution in [-0.2, 0) is 6.54 Å². The third-order valence-corrected chi connectivity index (χ3v) is 5.65. The fourth-order valence-corrected chi connectivity index (χ4v) is 3.80. The van der Waals surface area contributed by atoms with Crippen molar-refractivity contribution in [2.24, 2.45) is 0 Å². The molecule has 5 rings (SSSR count). The van der Waals surface area contributed by atoms with Crippen LogP contribution in [0.4, 0.5) is 4.39 Å². The molecule has 140 valence electrons. The first-order valence-electron chi connectivity index (χ1n) is 8.54. The third-order valence-electron chi connectivity index (χ3n) is 4.27. The normalized spacial score (nSPS) is 10.8. The summed E-state index contributed by atoms with van der Waals surface area (Å²) in [5, 5.41) is 13.4. The standard InChI is InChI=1S/C14H10BrFN2.C7H5BrN2/c15-12-5-3-7-14-11(12)9-18(17-14)8-10-4-1-2-6-13(10)16;8-6-2-1-3-7-5(6)4-9-10-7/h1-7,9H,8H2;1-4H,(H,9,10). The molecule has 0 atom stereocenters. The van der Waals surface area contributed by atoms with Crippen LogP contribution in [0.25, 0.3) is 21.8 Å². The van der Waals surface area contributed by atoms with Crippen molar-refractivity contribution in [3.63, 3.8) is 0 Å². The van der Waals surface area contributed by atoms with Gasteiger partial charge in [0, 0.05) is 31.5 Å². The van der Waals surface area contributed by atoms with Gasteiger partial charge in [-0.05, 0) is 30.3 Å². The van der Waals surface area contributed by atoms with Crippen LogP contribution in [0.5, 0.6) is 0 Å². The summed E-state index contributed by atoms with van der Waals surface area (Å²) in [6.45, 7) is 0.438. The van der Waals surface area contributed by atoms with Crippen LogP contribution < -0.4 is 0 Å². The molecule has 0 aliphatic heterocycles. The Kier molecular flexibility index (Phi) is 5.54. The van der Waals surface area contributed by atoms with Gasteiger partial charge in [0.05, 0.1) is 23.8 Å². The Labute approximate surface area is 177 Å². The van der Waals surface area contributed by atoms with Crippen molar-refractivity contribution in [2.75, 3.05) is 0 Å². The summed E-state index contributed by atoms with van der Waals surface area (Å²) in [4.78, 5) is 0. The Morgan fingerprint density at radius 3 is 2.39 bits per heavy atom. The quantitative estimate of drug-likeness (QED) is 0.308. The number of aromatic amines is 1. The highest BCUT2D eigenvalue weighted by atomic mass is 79.9. The molecule has 0 saturated heterocycles. The van der Waals surface area contributed by atoms with Crippen molar-refractivity contribution in [1.29, 1.82) is 0 Å². The number of hydrogen-bond acceptors (Lipinski definition) is 2. The van der Waals surface area contributed by atoms with E-state index in [0.29, 0.717) is 12.1 Å². The lowest BCUT2D eigenvalue weighted by molar-refractivity contribution is 0.587. The molecule has 5 aromatic rings. The van der Waals surface area contributed by atoms with Crippen LogP contribution in [0.2, 0.25) is 0 Å². The average molecular weight is 502 g/mol. The molecule has 0 spiro atoms. The number of aromatic nitrogens is 4. The molecule has 28 heavy (non-hydrogen) atoms. The van der Waals surface area contributed by atoms with Gasteiger partial charge >= 0.3 is 0 Å². The van der Waals surface area contributed by atoms with E-state index >= 15 is 0 Å². The second-order valence-corrected chi connectivity index (χ2v) is 7.87. The molecule has 0 unspecified atom stereocenters. The SMILES string of the molecule is Brc1cccc2[nH]ncc12.Fc1ccccc1Cn1cc2c(Br)cccc2n1. The van der Waals surface area contributed by atoms with Crippen LogP contribution in [0, 0.1) is 5.82 Å². The third kappa shape index (κ3) is 4.00. The Morgan fingerprint density at radius 1 is 0.893 bits per heavy atom. The van der Waals surface area contributed by atoms with Crippen LogP contribution in [0.1, 0.15) is 5.56 Å². The molecule has 2 aromatic heterocycles. The molecule has 0 fully saturated rings. The number of nitrogens with one attached hydrogen (secondary N) is 1. The van der Waals surface area contributed by atoms with Crippen molar-refractivity contribution in [3.05, 3.63) is 93.4 Å². The molecule has 0 radical (unpaired) electrons. The smallest absolute Gasteiger partial charge is 0.128 e. The van der Waals surface area contributed by atoms with Crippen molar-refractivity contribution in [1.82, 2.24) is 20.0 Å². The van der Waals surface area contributed by atoms with Gasteiger partial charge < -0.3 is 0 Å². The van der Waals surface area contributed by atoms with Crippen molar-refractivity contribution >= 4 is 53.7 Å². The monoisotopic (exact) mass is 500 g/mol. The molecule has 1 N–H and O–H groups in total. The van der Waals surface area contributed by atoms with Gasteiger partial charge in [-0.3, -0.25) is 9.78 Å². The fraction of sp³-hybridized carbons (Fsp3) is 0.0476. The lowest BCUT2D eigenvalue weighted by Gasteiger charge is -2.02. The second kappa shape index (κ2) is 8.24. The number of halogens is 3. The molecule has 0 aliphatic carbocycles. The van der Waals surface area contributed by atoms with E-state index in [1.165, 1.54) is 6.07 Å². The number of H-pyrrole nitrogens is 1. The highest BCUT2D eigenvalue weighted by Gasteiger charge is 2.06. The van der Waals surface area contributed by atoms with Crippen LogP contribution >= 0.6 is 31.9 Å². The number of benzene rings is 3. The maximum Gasteiger partial charge on any atom is 0.128 e. The first kappa shape index (κ1) is 18.8.